The molecule has 1 saturated heterocycles. The number of carboxylic acids is 1. The number of hydrogen-bond donors (Lipinski definition) is 1. The zero-order valence-corrected chi connectivity index (χ0v) is 21.5. The van der Waals surface area contributed by atoms with Crippen molar-refractivity contribution in [3.05, 3.63) is 56.3 Å². The third kappa shape index (κ3) is 5.27. The summed E-state index contributed by atoms with van der Waals surface area (Å²) in [6.07, 6.45) is -2.38. The van der Waals surface area contributed by atoms with E-state index in [4.69, 9.17) is 28.3 Å². The highest BCUT2D eigenvalue weighted by atomic mass is 35.5. The van der Waals surface area contributed by atoms with Crippen LogP contribution in [0.5, 0.6) is 0 Å². The Hall–Kier alpha value is -2.85. The van der Waals surface area contributed by atoms with E-state index in [-0.39, 0.29) is 51.3 Å². The summed E-state index contributed by atoms with van der Waals surface area (Å²) in [5.41, 5.74) is 1.11. The Bertz CT molecular complexity index is 1310. The molecule has 2 aliphatic heterocycles. The molecule has 12 heteroatoms. The molecule has 1 fully saturated rings. The number of carbonyl (C=O) groups excluding carboxylic acids is 2. The van der Waals surface area contributed by atoms with Gasteiger partial charge >= 0.3 is 12.1 Å². The number of benzene rings is 1. The van der Waals surface area contributed by atoms with Gasteiger partial charge in [-0.15, -0.1) is 0 Å². The van der Waals surface area contributed by atoms with Crippen molar-refractivity contribution in [1.29, 1.82) is 0 Å². The summed E-state index contributed by atoms with van der Waals surface area (Å²) < 4.78 is 41.2. The number of halogens is 5. The number of fused-ring (bicyclic) bond motifs is 1. The lowest BCUT2D eigenvalue weighted by Crippen LogP contribution is -2.39. The van der Waals surface area contributed by atoms with Crippen molar-refractivity contribution in [2.75, 3.05) is 13.1 Å². The van der Waals surface area contributed by atoms with Gasteiger partial charge in [-0.3, -0.25) is 23.9 Å². The average molecular weight is 558 g/mol. The number of hydrogen-bond acceptors (Lipinski definition) is 4. The first-order valence-electron chi connectivity index (χ1n) is 11.7. The van der Waals surface area contributed by atoms with Crippen molar-refractivity contribution in [3.63, 3.8) is 0 Å². The second-order valence-electron chi connectivity index (χ2n) is 9.41. The van der Waals surface area contributed by atoms with Gasteiger partial charge in [-0.1, -0.05) is 23.2 Å². The van der Waals surface area contributed by atoms with Gasteiger partial charge in [0.15, 0.2) is 0 Å². The Kier molecular flexibility index (Phi) is 7.45. The van der Waals surface area contributed by atoms with Crippen LogP contribution >= 0.6 is 23.2 Å². The average Bonchev–Trinajstić information content (AvgIpc) is 3.15. The minimum absolute atomic E-state index is 0.00890. The second kappa shape index (κ2) is 10.1. The SMILES string of the molecule is CC1=NC(C(F)(F)F)Cc2c(C)cn(C(=O)c3c(Cl)ccc(C(=O)N4CCC(CC(=O)O)CC4)c3Cl)c21. The molecule has 1 aromatic carbocycles. The summed E-state index contributed by atoms with van der Waals surface area (Å²) in [6.45, 7) is 3.72. The summed E-state index contributed by atoms with van der Waals surface area (Å²) in [4.78, 5) is 43.2. The molecule has 7 nitrogen and oxygen atoms in total. The number of alkyl halides is 3. The standard InChI is InChI=1S/C25H24Cl2F3N3O4/c1-12-11-33(22-13(2)31-18(10-16(12)22)25(28,29)30)24(37)20-17(26)4-3-15(21(20)27)23(36)32-7-5-14(6-8-32)9-19(34)35/h3-4,11,14,18H,5-10H2,1-2H3,(H,34,35). The third-order valence-corrected chi connectivity index (χ3v) is 7.62. The van der Waals surface area contributed by atoms with E-state index in [1.165, 1.54) is 29.8 Å². The Morgan fingerprint density at radius 2 is 1.76 bits per heavy atom. The van der Waals surface area contributed by atoms with E-state index >= 15 is 0 Å². The Morgan fingerprint density at radius 1 is 1.11 bits per heavy atom. The highest BCUT2D eigenvalue weighted by Gasteiger charge is 2.43. The van der Waals surface area contributed by atoms with Crippen molar-refractivity contribution in [2.45, 2.75) is 51.7 Å². The van der Waals surface area contributed by atoms with Gasteiger partial charge in [0.1, 0.15) is 6.04 Å². The Balaban J connectivity index is 1.65. The van der Waals surface area contributed by atoms with Gasteiger partial charge in [0.05, 0.1) is 32.6 Å². The van der Waals surface area contributed by atoms with Gasteiger partial charge in [-0.25, -0.2) is 0 Å². The number of piperidine rings is 1. The van der Waals surface area contributed by atoms with Crippen LogP contribution in [0, 0.1) is 12.8 Å². The smallest absolute Gasteiger partial charge is 0.411 e. The first-order valence-corrected chi connectivity index (χ1v) is 12.4. The van der Waals surface area contributed by atoms with E-state index in [0.29, 0.717) is 37.1 Å². The lowest BCUT2D eigenvalue weighted by atomic mass is 9.93. The molecular weight excluding hydrogens is 534 g/mol. The molecule has 1 amide bonds. The summed E-state index contributed by atoms with van der Waals surface area (Å²) in [6, 6.07) is 0.913. The summed E-state index contributed by atoms with van der Waals surface area (Å²) >= 11 is 12.9. The van der Waals surface area contributed by atoms with Gasteiger partial charge in [-0.2, -0.15) is 13.2 Å². The van der Waals surface area contributed by atoms with Crippen LogP contribution in [-0.2, 0) is 11.2 Å². The van der Waals surface area contributed by atoms with E-state index in [2.05, 4.69) is 4.99 Å². The number of aromatic nitrogens is 1. The fourth-order valence-corrected chi connectivity index (χ4v) is 5.61. The molecule has 1 N–H and O–H groups in total. The Morgan fingerprint density at radius 3 is 2.35 bits per heavy atom. The van der Waals surface area contributed by atoms with Crippen molar-refractivity contribution in [3.8, 4) is 0 Å². The monoisotopic (exact) mass is 557 g/mol. The summed E-state index contributed by atoms with van der Waals surface area (Å²) in [7, 11) is 0. The number of carbonyl (C=O) groups is 3. The van der Waals surface area contributed by atoms with Gasteiger partial charge in [0.2, 0.25) is 0 Å². The van der Waals surface area contributed by atoms with Crippen LogP contribution in [0.4, 0.5) is 13.2 Å². The van der Waals surface area contributed by atoms with Gasteiger partial charge in [-0.05, 0) is 55.9 Å². The molecular formula is C25H24Cl2F3N3O4. The number of carboxylic acid groups (broad SMARTS) is 1. The van der Waals surface area contributed by atoms with Crippen molar-refractivity contribution >= 4 is 46.7 Å². The largest absolute Gasteiger partial charge is 0.481 e. The fourth-order valence-electron chi connectivity index (χ4n) is 4.99. The molecule has 2 aliphatic rings. The van der Waals surface area contributed by atoms with Crippen LogP contribution < -0.4 is 0 Å². The topological polar surface area (TPSA) is 92.0 Å². The highest BCUT2D eigenvalue weighted by molar-refractivity contribution is 6.41. The molecule has 0 radical (unpaired) electrons. The number of nitrogens with zero attached hydrogens (tertiary/aromatic N) is 3. The first kappa shape index (κ1) is 27.2. The maximum Gasteiger partial charge on any atom is 0.411 e. The number of amides is 1. The van der Waals surface area contributed by atoms with Crippen LogP contribution in [0.1, 0.15) is 63.7 Å². The second-order valence-corrected chi connectivity index (χ2v) is 10.2. The van der Waals surface area contributed by atoms with Gasteiger partial charge in [0, 0.05) is 32.1 Å². The molecule has 1 unspecified atom stereocenters. The molecule has 0 aliphatic carbocycles. The number of likely N-dealkylation sites (tertiary alicyclic amines) is 1. The maximum absolute atomic E-state index is 13.6. The number of aryl methyl sites for hydroxylation is 1. The molecule has 0 bridgehead atoms. The molecule has 3 heterocycles. The van der Waals surface area contributed by atoms with Crippen LogP contribution in [0.2, 0.25) is 10.0 Å². The summed E-state index contributed by atoms with van der Waals surface area (Å²) in [5.74, 6) is -2.01. The minimum Gasteiger partial charge on any atom is -0.481 e. The maximum atomic E-state index is 13.6. The normalized spacial score (nSPS) is 18.4. The summed E-state index contributed by atoms with van der Waals surface area (Å²) in [5, 5.41) is 8.83. The van der Waals surface area contributed by atoms with Crippen molar-refractivity contribution in [1.82, 2.24) is 9.47 Å². The molecule has 1 aromatic heterocycles. The number of aliphatic carboxylic acids is 1. The zero-order chi connectivity index (χ0) is 27.2. The predicted octanol–water partition coefficient (Wildman–Crippen LogP) is 5.41. The number of rotatable bonds is 4. The van der Waals surface area contributed by atoms with E-state index in [0.717, 1.165) is 0 Å². The first-order chi connectivity index (χ1) is 17.3. The van der Waals surface area contributed by atoms with Crippen LogP contribution in [0.3, 0.4) is 0 Å². The lowest BCUT2D eigenvalue weighted by Gasteiger charge is -2.31. The minimum atomic E-state index is -4.51. The van der Waals surface area contributed by atoms with E-state index < -0.39 is 30.0 Å². The van der Waals surface area contributed by atoms with E-state index in [9.17, 15) is 27.6 Å². The Labute approximate surface area is 220 Å². The van der Waals surface area contributed by atoms with E-state index in [1.54, 1.807) is 11.8 Å². The van der Waals surface area contributed by atoms with Crippen LogP contribution in [0.15, 0.2) is 23.3 Å². The lowest BCUT2D eigenvalue weighted by molar-refractivity contribution is -0.146. The molecule has 198 valence electrons. The third-order valence-electron chi connectivity index (χ3n) is 6.91. The molecule has 4 rings (SSSR count). The molecule has 0 saturated carbocycles. The predicted molar refractivity (Wildman–Crippen MR) is 132 cm³/mol. The molecule has 37 heavy (non-hydrogen) atoms. The fraction of sp³-hybridized carbons (Fsp3) is 0.440. The van der Waals surface area contributed by atoms with Crippen LogP contribution in [-0.4, -0.2) is 63.4 Å². The van der Waals surface area contributed by atoms with E-state index in [1.807, 2.05) is 0 Å². The molecule has 1 atom stereocenters. The number of aliphatic imine (C=N–C) groups is 1. The van der Waals surface area contributed by atoms with Crippen molar-refractivity contribution < 1.29 is 32.7 Å². The van der Waals surface area contributed by atoms with Gasteiger partial charge < -0.3 is 10.0 Å². The molecule has 2 aromatic rings. The van der Waals surface area contributed by atoms with Crippen molar-refractivity contribution in [2.24, 2.45) is 10.9 Å². The zero-order valence-electron chi connectivity index (χ0n) is 20.0. The van der Waals surface area contributed by atoms with Crippen LogP contribution in [0.25, 0.3) is 0 Å². The highest BCUT2D eigenvalue weighted by Crippen LogP contribution is 2.36. The molecule has 0 spiro atoms. The quantitative estimate of drug-likeness (QED) is 0.543. The van der Waals surface area contributed by atoms with Gasteiger partial charge in [0.25, 0.3) is 11.8 Å².